The van der Waals surface area contributed by atoms with Crippen LogP contribution in [-0.4, -0.2) is 36.6 Å². The van der Waals surface area contributed by atoms with E-state index in [9.17, 15) is 8.42 Å². The van der Waals surface area contributed by atoms with Crippen LogP contribution in [0.15, 0.2) is 41.6 Å². The zero-order valence-corrected chi connectivity index (χ0v) is 13.0. The summed E-state index contributed by atoms with van der Waals surface area (Å²) < 4.78 is 27.1. The molecule has 2 N–H and O–H groups in total. The number of sulfonamides is 1. The molecule has 0 atom stereocenters. The van der Waals surface area contributed by atoms with Gasteiger partial charge in [-0.05, 0) is 30.8 Å². The van der Waals surface area contributed by atoms with Gasteiger partial charge in [-0.3, -0.25) is 14.7 Å². The fraction of sp³-hybridized carbons (Fsp3) is 0.357. The maximum absolute atomic E-state index is 12.2. The lowest BCUT2D eigenvalue weighted by Gasteiger charge is -2.20. The summed E-state index contributed by atoms with van der Waals surface area (Å²) in [6, 6.07) is 8.86. The molecule has 114 valence electrons. The number of anilines is 1. The minimum atomic E-state index is -3.63. The van der Waals surface area contributed by atoms with Gasteiger partial charge < -0.3 is 0 Å². The van der Waals surface area contributed by atoms with Crippen LogP contribution >= 0.6 is 0 Å². The molecule has 0 unspecified atom stereocenters. The molecule has 6 nitrogen and oxygen atoms in total. The summed E-state index contributed by atoms with van der Waals surface area (Å²) in [5.74, 6) is 0. The molecule has 7 heteroatoms. The molecule has 1 aromatic heterocycles. The zero-order chi connectivity index (χ0) is 15.3. The van der Waals surface area contributed by atoms with E-state index < -0.39 is 10.0 Å². The van der Waals surface area contributed by atoms with E-state index in [1.54, 1.807) is 6.07 Å². The number of nitrogens with one attached hydrogen (secondary N) is 2. The second-order valence-corrected chi connectivity index (χ2v) is 6.30. The maximum atomic E-state index is 12.2. The van der Waals surface area contributed by atoms with E-state index in [0.717, 1.165) is 18.7 Å². The third kappa shape index (κ3) is 3.83. The second kappa shape index (κ2) is 6.73. The van der Waals surface area contributed by atoms with E-state index in [-0.39, 0.29) is 5.03 Å². The van der Waals surface area contributed by atoms with Crippen molar-refractivity contribution in [3.63, 3.8) is 0 Å². The summed E-state index contributed by atoms with van der Waals surface area (Å²) in [5, 5.41) is 6.20. The van der Waals surface area contributed by atoms with E-state index in [1.165, 1.54) is 12.3 Å². The molecule has 0 radical (unpaired) electrons. The molecule has 1 heterocycles. The zero-order valence-electron chi connectivity index (χ0n) is 12.2. The molecule has 0 saturated heterocycles. The number of H-pyrrole nitrogens is 1. The molecule has 0 spiro atoms. The molecular weight excluding hydrogens is 288 g/mol. The molecule has 0 aliphatic rings. The molecule has 2 rings (SSSR count). The highest BCUT2D eigenvalue weighted by atomic mass is 32.2. The van der Waals surface area contributed by atoms with E-state index in [2.05, 4.69) is 33.7 Å². The first-order valence-electron chi connectivity index (χ1n) is 6.89. The van der Waals surface area contributed by atoms with E-state index in [0.29, 0.717) is 12.2 Å². The Bertz CT molecular complexity index is 664. The topological polar surface area (TPSA) is 78.1 Å². The Hall–Kier alpha value is -1.86. The molecule has 0 amide bonds. The van der Waals surface area contributed by atoms with Gasteiger partial charge in [-0.1, -0.05) is 32.0 Å². The van der Waals surface area contributed by atoms with Crippen molar-refractivity contribution in [3.05, 3.63) is 42.1 Å². The predicted molar refractivity (Wildman–Crippen MR) is 82.5 cm³/mol. The molecule has 2 aromatic rings. The van der Waals surface area contributed by atoms with Crippen LogP contribution in [0.4, 0.5) is 5.69 Å². The highest BCUT2D eigenvalue weighted by Gasteiger charge is 2.17. The summed E-state index contributed by atoms with van der Waals surface area (Å²) in [6.45, 7) is 6.70. The summed E-state index contributed by atoms with van der Waals surface area (Å²) in [5.41, 5.74) is 1.54. The lowest BCUT2D eigenvalue weighted by molar-refractivity contribution is 0.296. The molecular formula is C14H20N4O2S. The summed E-state index contributed by atoms with van der Waals surface area (Å²) in [7, 11) is -3.63. The number of rotatable bonds is 7. The number of nitrogens with zero attached hydrogens (tertiary/aromatic N) is 2. The first-order valence-corrected chi connectivity index (χ1v) is 8.37. The quantitative estimate of drug-likeness (QED) is 0.820. The first kappa shape index (κ1) is 15.5. The largest absolute Gasteiger partial charge is 0.300 e. The van der Waals surface area contributed by atoms with Crippen LogP contribution in [0.5, 0.6) is 0 Å². The first-order chi connectivity index (χ1) is 10.1. The van der Waals surface area contributed by atoms with Crippen LogP contribution in [0.1, 0.15) is 19.4 Å². The van der Waals surface area contributed by atoms with Crippen molar-refractivity contribution in [1.82, 2.24) is 15.1 Å². The Morgan fingerprint density at radius 2 is 1.90 bits per heavy atom. The van der Waals surface area contributed by atoms with Gasteiger partial charge in [-0.15, -0.1) is 0 Å². The number of benzene rings is 1. The smallest absolute Gasteiger partial charge is 0.278 e. The third-order valence-electron chi connectivity index (χ3n) is 3.31. The molecule has 0 fully saturated rings. The fourth-order valence-electron chi connectivity index (χ4n) is 2.04. The number of para-hydroxylation sites is 1. The lowest BCUT2D eigenvalue weighted by Crippen LogP contribution is -2.23. The molecule has 21 heavy (non-hydrogen) atoms. The minimum absolute atomic E-state index is 0.0557. The SMILES string of the molecule is CCN(CC)Cc1ccccc1NS(=O)(=O)c1ccn[nH]1. The van der Waals surface area contributed by atoms with Gasteiger partial charge in [-0.25, -0.2) is 0 Å². The van der Waals surface area contributed by atoms with Gasteiger partial charge in [-0.2, -0.15) is 13.5 Å². The van der Waals surface area contributed by atoms with Gasteiger partial charge in [0.1, 0.15) is 0 Å². The second-order valence-electron chi connectivity index (χ2n) is 4.64. The maximum Gasteiger partial charge on any atom is 0.278 e. The van der Waals surface area contributed by atoms with Gasteiger partial charge >= 0.3 is 0 Å². The average Bonchev–Trinajstić information content (AvgIpc) is 3.01. The van der Waals surface area contributed by atoms with Crippen LogP contribution in [0.2, 0.25) is 0 Å². The van der Waals surface area contributed by atoms with E-state index >= 15 is 0 Å². The Labute approximate surface area is 125 Å². The van der Waals surface area contributed by atoms with Crippen molar-refractivity contribution in [2.45, 2.75) is 25.4 Å². The van der Waals surface area contributed by atoms with Gasteiger partial charge in [0.25, 0.3) is 10.0 Å². The van der Waals surface area contributed by atoms with Gasteiger partial charge in [0.2, 0.25) is 0 Å². The van der Waals surface area contributed by atoms with Crippen molar-refractivity contribution in [1.29, 1.82) is 0 Å². The van der Waals surface area contributed by atoms with Gasteiger partial charge in [0, 0.05) is 6.54 Å². The average molecular weight is 308 g/mol. The van der Waals surface area contributed by atoms with E-state index in [1.807, 2.05) is 18.2 Å². The van der Waals surface area contributed by atoms with Gasteiger partial charge in [0.15, 0.2) is 5.03 Å². The van der Waals surface area contributed by atoms with Crippen LogP contribution in [0.3, 0.4) is 0 Å². The van der Waals surface area contributed by atoms with Crippen molar-refractivity contribution in [2.24, 2.45) is 0 Å². The van der Waals surface area contributed by atoms with Crippen LogP contribution < -0.4 is 4.72 Å². The van der Waals surface area contributed by atoms with Crippen LogP contribution in [-0.2, 0) is 16.6 Å². The third-order valence-corrected chi connectivity index (χ3v) is 4.61. The standard InChI is InChI=1S/C14H20N4O2S/c1-3-18(4-2)11-12-7-5-6-8-13(12)17-21(19,20)14-9-10-15-16-14/h5-10,17H,3-4,11H2,1-2H3,(H,15,16). The summed E-state index contributed by atoms with van der Waals surface area (Å²) in [6.07, 6.45) is 1.41. The van der Waals surface area contributed by atoms with Crippen molar-refractivity contribution < 1.29 is 8.42 Å². The molecule has 0 aliphatic carbocycles. The normalized spacial score (nSPS) is 11.8. The highest BCUT2D eigenvalue weighted by molar-refractivity contribution is 7.92. The highest BCUT2D eigenvalue weighted by Crippen LogP contribution is 2.20. The Kier molecular flexibility index (Phi) is 4.98. The Morgan fingerprint density at radius 1 is 1.19 bits per heavy atom. The molecule has 0 aliphatic heterocycles. The molecule has 1 aromatic carbocycles. The molecule has 0 saturated carbocycles. The van der Waals surface area contributed by atoms with Crippen molar-refractivity contribution in [2.75, 3.05) is 17.8 Å². The lowest BCUT2D eigenvalue weighted by atomic mass is 10.1. The van der Waals surface area contributed by atoms with Crippen molar-refractivity contribution >= 4 is 15.7 Å². The van der Waals surface area contributed by atoms with Gasteiger partial charge in [0.05, 0.1) is 11.9 Å². The number of hydrogen-bond donors (Lipinski definition) is 2. The monoisotopic (exact) mass is 308 g/mol. The Morgan fingerprint density at radius 3 is 2.52 bits per heavy atom. The van der Waals surface area contributed by atoms with Crippen LogP contribution in [0, 0.1) is 0 Å². The fourth-order valence-corrected chi connectivity index (χ4v) is 3.05. The number of aromatic nitrogens is 2. The Balaban J connectivity index is 2.25. The molecule has 0 bridgehead atoms. The number of hydrogen-bond acceptors (Lipinski definition) is 4. The van der Waals surface area contributed by atoms with Crippen LogP contribution in [0.25, 0.3) is 0 Å². The number of aromatic amines is 1. The van der Waals surface area contributed by atoms with Crippen molar-refractivity contribution in [3.8, 4) is 0 Å². The summed E-state index contributed by atoms with van der Waals surface area (Å²) >= 11 is 0. The predicted octanol–water partition coefficient (Wildman–Crippen LogP) is 2.05. The summed E-state index contributed by atoms with van der Waals surface area (Å²) in [4.78, 5) is 2.23. The van der Waals surface area contributed by atoms with E-state index in [4.69, 9.17) is 0 Å². The minimum Gasteiger partial charge on any atom is -0.300 e.